The predicted molar refractivity (Wildman–Crippen MR) is 102 cm³/mol. The minimum atomic E-state index is -0.691. The molecule has 0 spiro atoms. The third-order valence-electron chi connectivity index (χ3n) is 4.60. The Kier molecular flexibility index (Phi) is 4.89. The molecule has 0 aromatic heterocycles. The second-order valence-electron chi connectivity index (χ2n) is 7.18. The molecule has 0 saturated heterocycles. The Morgan fingerprint density at radius 3 is 1.10 bits per heavy atom. The van der Waals surface area contributed by atoms with Gasteiger partial charge in [-0.3, -0.25) is 0 Å². The Labute approximate surface area is 133 Å². The molecule has 0 fully saturated rings. The molecule has 2 aromatic carbocycles. The normalized spacial score (nSPS) is 12.2. The summed E-state index contributed by atoms with van der Waals surface area (Å²) in [5, 5.41) is 3.10. The van der Waals surface area contributed by atoms with E-state index in [9.17, 15) is 0 Å². The monoisotopic (exact) mass is 312 g/mol. The lowest BCUT2D eigenvalue weighted by Gasteiger charge is -2.27. The van der Waals surface area contributed by atoms with Crippen molar-refractivity contribution in [1.29, 1.82) is 0 Å². The second kappa shape index (κ2) is 6.33. The van der Waals surface area contributed by atoms with Gasteiger partial charge in [-0.25, -0.2) is 0 Å². The Balaban J connectivity index is 2.31. The highest BCUT2D eigenvalue weighted by Gasteiger charge is 2.23. The molecule has 2 aromatic rings. The van der Waals surface area contributed by atoms with Gasteiger partial charge in [0.05, 0.1) is 17.6 Å². The van der Waals surface area contributed by atoms with Gasteiger partial charge < -0.3 is 0 Å². The van der Waals surface area contributed by atoms with E-state index in [0.29, 0.717) is 0 Å². The molecule has 0 aliphatic carbocycles. The highest BCUT2D eigenvalue weighted by molar-refractivity contribution is 6.71. The topological polar surface area (TPSA) is 0 Å². The summed E-state index contributed by atoms with van der Waals surface area (Å²) in [6.45, 7) is 14.2. The predicted octanol–water partition coefficient (Wildman–Crippen LogP) is 3.40. The van der Waals surface area contributed by atoms with Gasteiger partial charge in [-0.05, 0) is 11.1 Å². The number of hydrogen-bond donors (Lipinski definition) is 0. The van der Waals surface area contributed by atoms with Crippen LogP contribution in [0.1, 0.15) is 25.0 Å². The van der Waals surface area contributed by atoms with E-state index >= 15 is 0 Å². The van der Waals surface area contributed by atoms with Crippen LogP contribution in [0.25, 0.3) is 0 Å². The van der Waals surface area contributed by atoms with E-state index in [1.807, 2.05) is 0 Å². The lowest BCUT2D eigenvalue weighted by Crippen LogP contribution is -2.26. The molecule has 0 saturated carbocycles. The third kappa shape index (κ3) is 3.56. The average molecular weight is 313 g/mol. The van der Waals surface area contributed by atoms with E-state index in [4.69, 9.17) is 0 Å². The molecular weight excluding hydrogens is 284 g/mol. The van der Waals surface area contributed by atoms with Crippen LogP contribution in [0.4, 0.5) is 0 Å². The summed E-state index contributed by atoms with van der Waals surface area (Å²) in [4.78, 5) is 0. The molecule has 0 atom stereocenters. The summed E-state index contributed by atoms with van der Waals surface area (Å²) in [6.07, 6.45) is 0. The fourth-order valence-corrected chi connectivity index (χ4v) is 4.66. The van der Waals surface area contributed by atoms with Crippen LogP contribution >= 0.6 is 0 Å². The molecule has 0 N–H and O–H groups in total. The highest BCUT2D eigenvalue weighted by Crippen LogP contribution is 2.30. The number of hydrogen-bond acceptors (Lipinski definition) is 0. The Bertz CT molecular complexity index is 524. The molecule has 112 valence electrons. The van der Waals surface area contributed by atoms with E-state index in [1.54, 1.807) is 10.4 Å². The van der Waals surface area contributed by atoms with E-state index < -0.39 is 17.6 Å². The Hall–Kier alpha value is -1.13. The molecule has 0 amide bonds. The molecule has 0 aliphatic heterocycles. The molecule has 21 heavy (non-hydrogen) atoms. The molecule has 0 unspecified atom stereocenters. The first-order valence-corrected chi connectivity index (χ1v) is 13.8. The smallest absolute Gasteiger partial charge is 0.0647 e. The van der Waals surface area contributed by atoms with Gasteiger partial charge in [0.2, 0.25) is 0 Å². The fraction of sp³-hybridized carbons (Fsp3) is 0.368. The van der Waals surface area contributed by atoms with Crippen LogP contribution in [0.3, 0.4) is 0 Å². The molecule has 0 radical (unpaired) electrons. The highest BCUT2D eigenvalue weighted by atomic mass is 28.3. The van der Waals surface area contributed by atoms with Crippen molar-refractivity contribution in [2.45, 2.75) is 45.5 Å². The molecule has 2 heteroatoms. The molecule has 0 aliphatic rings. The van der Waals surface area contributed by atoms with Crippen LogP contribution in [-0.4, -0.2) is 17.6 Å². The SMILES string of the molecule is C[SiH](C)c1ccc(C(C)(C)c2ccc([SiH](C)C)cc2)cc1. The fourth-order valence-electron chi connectivity index (χ4n) is 2.74. The standard InChI is InChI=1S/C19H28Si2/c1-19(2,15-7-11-17(12-8-15)20(3)4)16-9-13-18(14-10-16)21(5)6/h7-14,20-21H,1-6H3. The van der Waals surface area contributed by atoms with Crippen LogP contribution in [0.5, 0.6) is 0 Å². The van der Waals surface area contributed by atoms with E-state index in [1.165, 1.54) is 11.1 Å². The van der Waals surface area contributed by atoms with Crippen molar-refractivity contribution in [3.05, 3.63) is 59.7 Å². The molecule has 0 nitrogen and oxygen atoms in total. The summed E-state index contributed by atoms with van der Waals surface area (Å²) in [6, 6.07) is 18.7. The van der Waals surface area contributed by atoms with Crippen molar-refractivity contribution in [3.8, 4) is 0 Å². The first-order chi connectivity index (χ1) is 9.82. The minimum Gasteiger partial charge on any atom is -0.0682 e. The van der Waals surface area contributed by atoms with Gasteiger partial charge in [0, 0.05) is 5.41 Å². The van der Waals surface area contributed by atoms with Gasteiger partial charge in [0.1, 0.15) is 0 Å². The van der Waals surface area contributed by atoms with Gasteiger partial charge in [-0.15, -0.1) is 0 Å². The zero-order valence-corrected chi connectivity index (χ0v) is 16.6. The molecule has 0 heterocycles. The summed E-state index contributed by atoms with van der Waals surface area (Å²) in [7, 11) is -1.38. The maximum atomic E-state index is 2.38. The first kappa shape index (κ1) is 16.2. The van der Waals surface area contributed by atoms with Gasteiger partial charge in [0.25, 0.3) is 0 Å². The largest absolute Gasteiger partial charge is 0.0682 e. The van der Waals surface area contributed by atoms with Crippen LogP contribution in [0.2, 0.25) is 26.2 Å². The summed E-state index contributed by atoms with van der Waals surface area (Å²) >= 11 is 0. The van der Waals surface area contributed by atoms with Crippen molar-refractivity contribution in [3.63, 3.8) is 0 Å². The van der Waals surface area contributed by atoms with Crippen LogP contribution in [0.15, 0.2) is 48.5 Å². The van der Waals surface area contributed by atoms with Crippen molar-refractivity contribution >= 4 is 28.0 Å². The number of benzene rings is 2. The Morgan fingerprint density at radius 1 is 0.571 bits per heavy atom. The second-order valence-corrected chi connectivity index (χ2v) is 13.1. The Morgan fingerprint density at radius 2 is 0.857 bits per heavy atom. The van der Waals surface area contributed by atoms with Crippen molar-refractivity contribution < 1.29 is 0 Å². The molecule has 2 rings (SSSR count). The van der Waals surface area contributed by atoms with E-state index in [0.717, 1.165) is 0 Å². The molecular formula is C19H28Si2. The first-order valence-electron chi connectivity index (χ1n) is 8.03. The van der Waals surface area contributed by atoms with Crippen molar-refractivity contribution in [2.24, 2.45) is 0 Å². The maximum Gasteiger partial charge on any atom is 0.0647 e. The molecule has 0 bridgehead atoms. The summed E-state index contributed by atoms with van der Waals surface area (Å²) < 4.78 is 0. The quantitative estimate of drug-likeness (QED) is 0.759. The van der Waals surface area contributed by atoms with Gasteiger partial charge in [-0.1, -0.05) is 98.9 Å². The zero-order chi connectivity index (χ0) is 15.6. The van der Waals surface area contributed by atoms with Gasteiger partial charge in [0.15, 0.2) is 0 Å². The van der Waals surface area contributed by atoms with Crippen molar-refractivity contribution in [1.82, 2.24) is 0 Å². The maximum absolute atomic E-state index is 2.38. The van der Waals surface area contributed by atoms with Crippen LogP contribution in [0, 0.1) is 0 Å². The lowest BCUT2D eigenvalue weighted by molar-refractivity contribution is 0.641. The minimum absolute atomic E-state index is 0.0775. The van der Waals surface area contributed by atoms with Gasteiger partial charge >= 0.3 is 0 Å². The van der Waals surface area contributed by atoms with E-state index in [2.05, 4.69) is 88.6 Å². The lowest BCUT2D eigenvalue weighted by atomic mass is 9.78. The van der Waals surface area contributed by atoms with Crippen molar-refractivity contribution in [2.75, 3.05) is 0 Å². The van der Waals surface area contributed by atoms with Crippen LogP contribution in [-0.2, 0) is 5.41 Å². The summed E-state index contributed by atoms with van der Waals surface area (Å²) in [5.41, 5.74) is 2.90. The van der Waals surface area contributed by atoms with Gasteiger partial charge in [-0.2, -0.15) is 0 Å². The zero-order valence-electron chi connectivity index (χ0n) is 14.3. The van der Waals surface area contributed by atoms with E-state index in [-0.39, 0.29) is 5.41 Å². The summed E-state index contributed by atoms with van der Waals surface area (Å²) in [5.74, 6) is 0. The number of rotatable bonds is 4. The average Bonchev–Trinajstić information content (AvgIpc) is 2.47. The third-order valence-corrected chi connectivity index (χ3v) is 8.03. The van der Waals surface area contributed by atoms with Crippen LogP contribution < -0.4 is 10.4 Å².